The Hall–Kier alpha value is -1.90. The van der Waals surface area contributed by atoms with Crippen LogP contribution < -0.4 is 0 Å². The Morgan fingerprint density at radius 1 is 0.645 bits per heavy atom. The van der Waals surface area contributed by atoms with Crippen LogP contribution in [-0.2, 0) is 23.7 Å². The van der Waals surface area contributed by atoms with E-state index in [-0.39, 0.29) is 0 Å². The quantitative estimate of drug-likeness (QED) is 0.502. The van der Waals surface area contributed by atoms with Crippen molar-refractivity contribution in [1.29, 1.82) is 0 Å². The van der Waals surface area contributed by atoms with Crippen molar-refractivity contribution in [3.05, 3.63) is 12.0 Å². The van der Waals surface area contributed by atoms with E-state index in [1.165, 1.54) is 0 Å². The highest BCUT2D eigenvalue weighted by Crippen LogP contribution is 2.62. The van der Waals surface area contributed by atoms with Gasteiger partial charge >= 0.3 is 60.4 Å². The number of rotatable bonds is 4. The number of hydrogen-bond acceptors (Lipinski definition) is 5. The van der Waals surface area contributed by atoms with Gasteiger partial charge in [-0.05, 0) is 0 Å². The molecule has 182 valence electrons. The number of alkyl halides is 14. The Labute approximate surface area is 156 Å². The van der Waals surface area contributed by atoms with Crippen LogP contribution in [0, 0.1) is 0 Å². The van der Waals surface area contributed by atoms with E-state index in [0.717, 1.165) is 0 Å². The molecule has 0 bridgehead atoms. The highest BCUT2D eigenvalue weighted by Gasteiger charge is 2.91. The standard InChI is InChI=1S/C10F16O5/c11-1(12)2-27-3(13,6(18,19)28-2)7(20,21)30-8(22,23)4(14)9(24,25)31-10(26,29-4)5(15,16)17. The van der Waals surface area contributed by atoms with Gasteiger partial charge in [0.2, 0.25) is 0 Å². The molecule has 2 aliphatic heterocycles. The Balaban J connectivity index is 2.48. The molecule has 0 aromatic rings. The number of halogens is 16. The molecule has 0 amide bonds. The Bertz CT molecular complexity index is 775. The van der Waals surface area contributed by atoms with Gasteiger partial charge in [0.25, 0.3) is 0 Å². The molecule has 3 unspecified atom stereocenters. The molecule has 0 aromatic heterocycles. The largest absolute Gasteiger partial charge is 0.483 e. The number of ether oxygens (including phenoxy) is 5. The zero-order chi connectivity index (χ0) is 24.7. The highest BCUT2D eigenvalue weighted by atomic mass is 19.4. The van der Waals surface area contributed by atoms with Crippen LogP contribution in [0.5, 0.6) is 0 Å². The van der Waals surface area contributed by atoms with Gasteiger partial charge < -0.3 is 9.47 Å². The Morgan fingerprint density at radius 3 is 1.45 bits per heavy atom. The maximum Gasteiger partial charge on any atom is 0.483 e. The molecule has 2 rings (SSSR count). The summed E-state index contributed by atoms with van der Waals surface area (Å²) >= 11 is 0. The van der Waals surface area contributed by atoms with Crippen molar-refractivity contribution in [1.82, 2.24) is 0 Å². The minimum absolute atomic E-state index is 1.82. The molecule has 2 saturated heterocycles. The molecule has 0 radical (unpaired) electrons. The lowest BCUT2D eigenvalue weighted by Crippen LogP contribution is -2.64. The predicted octanol–water partition coefficient (Wildman–Crippen LogP) is 5.05. The van der Waals surface area contributed by atoms with E-state index >= 15 is 0 Å². The topological polar surface area (TPSA) is 46.2 Å². The van der Waals surface area contributed by atoms with Gasteiger partial charge in [0, 0.05) is 0 Å². The number of hydrogen-bond donors (Lipinski definition) is 0. The van der Waals surface area contributed by atoms with Crippen molar-refractivity contribution < 1.29 is 93.9 Å². The first-order valence-corrected chi connectivity index (χ1v) is 6.56. The van der Waals surface area contributed by atoms with Gasteiger partial charge in [-0.25, -0.2) is 9.47 Å². The smallest absolute Gasteiger partial charge is 0.408 e. The van der Waals surface area contributed by atoms with Crippen LogP contribution in [-0.4, -0.2) is 48.4 Å². The van der Waals surface area contributed by atoms with Crippen molar-refractivity contribution >= 4 is 0 Å². The lowest BCUT2D eigenvalue weighted by atomic mass is 10.2. The molecule has 2 fully saturated rings. The lowest BCUT2D eigenvalue weighted by molar-refractivity contribution is -0.523. The second-order valence-corrected chi connectivity index (χ2v) is 5.35. The van der Waals surface area contributed by atoms with Crippen molar-refractivity contribution in [2.75, 3.05) is 0 Å². The van der Waals surface area contributed by atoms with Crippen LogP contribution in [0.3, 0.4) is 0 Å². The van der Waals surface area contributed by atoms with Crippen molar-refractivity contribution in [2.24, 2.45) is 0 Å². The van der Waals surface area contributed by atoms with Crippen LogP contribution >= 0.6 is 0 Å². The first-order chi connectivity index (χ1) is 13.4. The first-order valence-electron chi connectivity index (χ1n) is 6.56. The molecular formula is C10F16O5. The Morgan fingerprint density at radius 2 is 1.10 bits per heavy atom. The first kappa shape index (κ1) is 25.4. The van der Waals surface area contributed by atoms with E-state index in [2.05, 4.69) is 14.2 Å². The van der Waals surface area contributed by atoms with Gasteiger partial charge in [-0.15, -0.1) is 0 Å². The van der Waals surface area contributed by atoms with Crippen LogP contribution in [0.25, 0.3) is 0 Å². The second-order valence-electron chi connectivity index (χ2n) is 5.35. The second kappa shape index (κ2) is 6.33. The van der Waals surface area contributed by atoms with Crippen molar-refractivity contribution in [2.45, 2.75) is 48.4 Å². The molecular weight excluding hydrogens is 504 g/mol. The van der Waals surface area contributed by atoms with Gasteiger partial charge in [0.1, 0.15) is 0 Å². The van der Waals surface area contributed by atoms with Crippen LogP contribution in [0.15, 0.2) is 12.0 Å². The van der Waals surface area contributed by atoms with E-state index in [4.69, 9.17) is 0 Å². The molecule has 0 aliphatic carbocycles. The van der Waals surface area contributed by atoms with Crippen molar-refractivity contribution in [3.63, 3.8) is 0 Å². The fraction of sp³-hybridized carbons (Fsp3) is 0.800. The summed E-state index contributed by atoms with van der Waals surface area (Å²) in [6.07, 6.45) is -38.3. The van der Waals surface area contributed by atoms with Gasteiger partial charge in [-0.3, -0.25) is 4.74 Å². The SMILES string of the molecule is FC(F)=C1OC(F)(F)C(F)(C(F)(F)OC(F)(F)C2(F)OC(F)(C(F)(F)F)OC2(F)F)O1. The van der Waals surface area contributed by atoms with E-state index in [1.807, 2.05) is 9.47 Å². The molecule has 2 heterocycles. The third kappa shape index (κ3) is 3.39. The van der Waals surface area contributed by atoms with Gasteiger partial charge in [0.15, 0.2) is 0 Å². The zero-order valence-electron chi connectivity index (χ0n) is 13.1. The fourth-order valence-corrected chi connectivity index (χ4v) is 1.82. The van der Waals surface area contributed by atoms with Crippen LogP contribution in [0.1, 0.15) is 0 Å². The van der Waals surface area contributed by atoms with Gasteiger partial charge in [0.05, 0.1) is 0 Å². The minimum atomic E-state index is -7.38. The van der Waals surface area contributed by atoms with Crippen LogP contribution in [0.2, 0.25) is 0 Å². The molecule has 2 aliphatic rings. The maximum atomic E-state index is 13.9. The summed E-state index contributed by atoms with van der Waals surface area (Å²) in [5, 5.41) is 0. The summed E-state index contributed by atoms with van der Waals surface area (Å²) in [6, 6.07) is -6.44. The van der Waals surface area contributed by atoms with Gasteiger partial charge in [-0.2, -0.15) is 70.2 Å². The summed E-state index contributed by atoms with van der Waals surface area (Å²) in [5.74, 6) is -16.7. The third-order valence-electron chi connectivity index (χ3n) is 3.23. The zero-order valence-corrected chi connectivity index (χ0v) is 13.1. The van der Waals surface area contributed by atoms with E-state index < -0.39 is 60.4 Å². The molecule has 0 saturated carbocycles. The van der Waals surface area contributed by atoms with Gasteiger partial charge in [-0.1, -0.05) is 0 Å². The average molecular weight is 504 g/mol. The van der Waals surface area contributed by atoms with E-state index in [9.17, 15) is 70.2 Å². The Kier molecular flexibility index (Phi) is 5.18. The molecule has 5 nitrogen and oxygen atoms in total. The lowest BCUT2D eigenvalue weighted by Gasteiger charge is -2.35. The fourth-order valence-electron chi connectivity index (χ4n) is 1.82. The minimum Gasteiger partial charge on any atom is -0.408 e. The summed E-state index contributed by atoms with van der Waals surface area (Å²) in [5.41, 5.74) is 0. The summed E-state index contributed by atoms with van der Waals surface area (Å²) in [4.78, 5) is 0. The highest BCUT2D eigenvalue weighted by molar-refractivity contribution is 5.03. The molecule has 21 heteroatoms. The molecule has 0 N–H and O–H groups in total. The van der Waals surface area contributed by atoms with E-state index in [1.54, 1.807) is 0 Å². The van der Waals surface area contributed by atoms with E-state index in [0.29, 0.717) is 0 Å². The van der Waals surface area contributed by atoms with Crippen molar-refractivity contribution in [3.8, 4) is 0 Å². The predicted molar refractivity (Wildman–Crippen MR) is 52.0 cm³/mol. The van der Waals surface area contributed by atoms with Crippen LogP contribution in [0.4, 0.5) is 70.2 Å². The molecule has 0 spiro atoms. The average Bonchev–Trinajstić information content (AvgIpc) is 2.87. The third-order valence-corrected chi connectivity index (χ3v) is 3.23. The molecule has 31 heavy (non-hydrogen) atoms. The summed E-state index contributed by atoms with van der Waals surface area (Å²) in [6.45, 7) is 0. The summed E-state index contributed by atoms with van der Waals surface area (Å²) in [7, 11) is 0. The molecule has 3 atom stereocenters. The normalized spacial score (nSPS) is 35.7. The molecule has 0 aromatic carbocycles. The monoisotopic (exact) mass is 504 g/mol. The maximum absolute atomic E-state index is 13.9. The summed E-state index contributed by atoms with van der Waals surface area (Å²) < 4.78 is 220.